The van der Waals surface area contributed by atoms with E-state index in [-0.39, 0.29) is 0 Å². The van der Waals surface area contributed by atoms with E-state index < -0.39 is 0 Å². The van der Waals surface area contributed by atoms with Gasteiger partial charge in [-0.25, -0.2) is 0 Å². The van der Waals surface area contributed by atoms with Crippen LogP contribution in [0.4, 0.5) is 5.69 Å². The first-order chi connectivity index (χ1) is 10.1. The zero-order chi connectivity index (χ0) is 16.1. The Morgan fingerprint density at radius 3 is 2.14 bits per heavy atom. The van der Waals surface area contributed by atoms with Gasteiger partial charge in [-0.1, -0.05) is 34.1 Å². The van der Waals surface area contributed by atoms with Crippen molar-refractivity contribution < 1.29 is 4.74 Å². The molecule has 0 aliphatic carbocycles. The van der Waals surface area contributed by atoms with Gasteiger partial charge in [-0.2, -0.15) is 0 Å². The quantitative estimate of drug-likeness (QED) is 0.713. The Morgan fingerprint density at radius 1 is 1.10 bits per heavy atom. The van der Waals surface area contributed by atoms with E-state index in [1.54, 1.807) is 0 Å². The van der Waals surface area contributed by atoms with Crippen molar-refractivity contribution in [1.29, 1.82) is 0 Å². The second-order valence-electron chi connectivity index (χ2n) is 5.39. The van der Waals surface area contributed by atoms with Crippen LogP contribution in [-0.2, 0) is 0 Å². The smallest absolute Gasteiger partial charge is 0.119 e. The summed E-state index contributed by atoms with van der Waals surface area (Å²) in [7, 11) is 0. The molecule has 0 radical (unpaired) electrons. The Kier molecular flexibility index (Phi) is 11.8. The minimum atomic E-state index is 0.573. The molecule has 122 valence electrons. The molecule has 1 aromatic rings. The van der Waals surface area contributed by atoms with Gasteiger partial charge in [-0.3, -0.25) is 0 Å². The molecule has 1 unspecified atom stereocenters. The maximum Gasteiger partial charge on any atom is 0.119 e. The number of nitrogens with two attached hydrogens (primary N) is 1. The molecule has 2 N–H and O–H groups in total. The summed E-state index contributed by atoms with van der Waals surface area (Å²) < 4.78 is 5.72. The molecule has 1 aromatic carbocycles. The van der Waals surface area contributed by atoms with E-state index in [0.29, 0.717) is 6.04 Å². The van der Waals surface area contributed by atoms with E-state index in [9.17, 15) is 0 Å². The van der Waals surface area contributed by atoms with Crippen LogP contribution in [0.3, 0.4) is 0 Å². The summed E-state index contributed by atoms with van der Waals surface area (Å²) in [5.41, 5.74) is 6.41. The first-order valence-corrected chi connectivity index (χ1v) is 8.31. The largest absolute Gasteiger partial charge is 0.494 e. The molecule has 1 rings (SSSR count). The summed E-state index contributed by atoms with van der Waals surface area (Å²) in [5, 5.41) is 0. The molecule has 1 atom stereocenters. The van der Waals surface area contributed by atoms with Crippen LogP contribution in [0, 0.1) is 0 Å². The lowest BCUT2D eigenvalue weighted by Gasteiger charge is -2.27. The zero-order valence-electron chi connectivity index (χ0n) is 14.6. The Labute approximate surface area is 131 Å². The molecule has 0 saturated heterocycles. The SMILES string of the molecule is CCC.CCCN(CC)C(C)CCOc1ccc(N)cc1. The number of nitrogens with zero attached hydrogens (tertiary/aromatic N) is 1. The van der Waals surface area contributed by atoms with Gasteiger partial charge in [-0.15, -0.1) is 0 Å². The van der Waals surface area contributed by atoms with E-state index in [0.717, 1.165) is 31.0 Å². The number of hydrogen-bond donors (Lipinski definition) is 1. The molecule has 0 bridgehead atoms. The lowest BCUT2D eigenvalue weighted by atomic mass is 10.2. The Morgan fingerprint density at radius 2 is 1.67 bits per heavy atom. The average Bonchev–Trinajstić information content (AvgIpc) is 2.47. The fourth-order valence-electron chi connectivity index (χ4n) is 2.07. The maximum absolute atomic E-state index is 5.72. The average molecular weight is 294 g/mol. The lowest BCUT2D eigenvalue weighted by Crippen LogP contribution is -2.34. The van der Waals surface area contributed by atoms with Gasteiger partial charge in [0.25, 0.3) is 0 Å². The van der Waals surface area contributed by atoms with Gasteiger partial charge in [0.1, 0.15) is 5.75 Å². The van der Waals surface area contributed by atoms with E-state index in [4.69, 9.17) is 10.5 Å². The molecular weight excluding hydrogens is 260 g/mol. The number of ether oxygens (including phenoxy) is 1. The third-order valence-corrected chi connectivity index (χ3v) is 3.22. The molecule has 0 aliphatic heterocycles. The van der Waals surface area contributed by atoms with Crippen molar-refractivity contribution in [2.24, 2.45) is 0 Å². The third kappa shape index (κ3) is 9.35. The first-order valence-electron chi connectivity index (χ1n) is 8.31. The topological polar surface area (TPSA) is 38.5 Å². The minimum Gasteiger partial charge on any atom is -0.494 e. The van der Waals surface area contributed by atoms with Gasteiger partial charge in [0, 0.05) is 11.7 Å². The summed E-state index contributed by atoms with van der Waals surface area (Å²) in [4.78, 5) is 2.49. The van der Waals surface area contributed by atoms with E-state index >= 15 is 0 Å². The molecule has 0 fully saturated rings. The second-order valence-corrected chi connectivity index (χ2v) is 5.39. The molecule has 3 heteroatoms. The van der Waals surface area contributed by atoms with Crippen LogP contribution in [0.2, 0.25) is 0 Å². The molecular formula is C18H34N2O. The van der Waals surface area contributed by atoms with Crippen molar-refractivity contribution in [3.63, 3.8) is 0 Å². The van der Waals surface area contributed by atoms with E-state index in [2.05, 4.69) is 39.5 Å². The number of benzene rings is 1. The molecule has 3 nitrogen and oxygen atoms in total. The standard InChI is InChI=1S/C15H26N2O.C3H8/c1-4-11-17(5-2)13(3)10-12-18-15-8-6-14(16)7-9-15;1-3-2/h6-9,13H,4-5,10-12,16H2,1-3H3;3H2,1-2H3. The molecule has 0 heterocycles. The van der Waals surface area contributed by atoms with Crippen LogP contribution < -0.4 is 10.5 Å². The molecule has 0 spiro atoms. The first kappa shape index (κ1) is 19.8. The maximum atomic E-state index is 5.72. The number of rotatable bonds is 8. The highest BCUT2D eigenvalue weighted by molar-refractivity contribution is 5.41. The summed E-state index contributed by atoms with van der Waals surface area (Å²) in [6, 6.07) is 8.15. The Hall–Kier alpha value is -1.22. The van der Waals surface area contributed by atoms with Crippen molar-refractivity contribution in [1.82, 2.24) is 4.90 Å². The number of nitrogen functional groups attached to an aromatic ring is 1. The Bertz CT molecular complexity index is 338. The predicted molar refractivity (Wildman–Crippen MR) is 93.9 cm³/mol. The highest BCUT2D eigenvalue weighted by Gasteiger charge is 2.10. The number of hydrogen-bond acceptors (Lipinski definition) is 3. The monoisotopic (exact) mass is 294 g/mol. The highest BCUT2D eigenvalue weighted by atomic mass is 16.5. The van der Waals surface area contributed by atoms with Crippen molar-refractivity contribution >= 4 is 5.69 Å². The Balaban J connectivity index is 0.00000122. The summed E-state index contributed by atoms with van der Waals surface area (Å²) >= 11 is 0. The van der Waals surface area contributed by atoms with Crippen LogP contribution >= 0.6 is 0 Å². The normalized spacial score (nSPS) is 11.7. The van der Waals surface area contributed by atoms with Crippen molar-refractivity contribution in [2.45, 2.75) is 59.9 Å². The van der Waals surface area contributed by atoms with Crippen LogP contribution in [0.15, 0.2) is 24.3 Å². The highest BCUT2D eigenvalue weighted by Crippen LogP contribution is 2.14. The van der Waals surface area contributed by atoms with Gasteiger partial charge in [-0.05, 0) is 57.1 Å². The van der Waals surface area contributed by atoms with Crippen LogP contribution in [0.5, 0.6) is 5.75 Å². The second kappa shape index (κ2) is 12.5. The third-order valence-electron chi connectivity index (χ3n) is 3.22. The fourth-order valence-corrected chi connectivity index (χ4v) is 2.07. The summed E-state index contributed by atoms with van der Waals surface area (Å²) in [5.74, 6) is 0.898. The van der Waals surface area contributed by atoms with Crippen molar-refractivity contribution in [2.75, 3.05) is 25.4 Å². The molecule has 0 aromatic heterocycles. The van der Waals surface area contributed by atoms with Crippen LogP contribution in [0.1, 0.15) is 53.9 Å². The van der Waals surface area contributed by atoms with Crippen LogP contribution in [0.25, 0.3) is 0 Å². The summed E-state index contributed by atoms with van der Waals surface area (Å²) in [6.07, 6.45) is 3.51. The summed E-state index contributed by atoms with van der Waals surface area (Å²) in [6.45, 7) is 14.0. The lowest BCUT2D eigenvalue weighted by molar-refractivity contribution is 0.181. The molecule has 0 aliphatic rings. The molecule has 0 amide bonds. The predicted octanol–water partition coefficient (Wildman–Crippen LogP) is 4.57. The van der Waals surface area contributed by atoms with Crippen molar-refractivity contribution in [3.8, 4) is 5.75 Å². The van der Waals surface area contributed by atoms with Crippen LogP contribution in [-0.4, -0.2) is 30.6 Å². The van der Waals surface area contributed by atoms with E-state index in [1.165, 1.54) is 19.4 Å². The van der Waals surface area contributed by atoms with Gasteiger partial charge in [0.15, 0.2) is 0 Å². The molecule has 0 saturated carbocycles. The molecule has 21 heavy (non-hydrogen) atoms. The fraction of sp³-hybridized carbons (Fsp3) is 0.667. The van der Waals surface area contributed by atoms with Gasteiger partial charge < -0.3 is 15.4 Å². The van der Waals surface area contributed by atoms with Gasteiger partial charge in [0.2, 0.25) is 0 Å². The van der Waals surface area contributed by atoms with Gasteiger partial charge in [0.05, 0.1) is 6.61 Å². The van der Waals surface area contributed by atoms with E-state index in [1.807, 2.05) is 24.3 Å². The van der Waals surface area contributed by atoms with Crippen molar-refractivity contribution in [3.05, 3.63) is 24.3 Å². The minimum absolute atomic E-state index is 0.573. The van der Waals surface area contributed by atoms with Gasteiger partial charge >= 0.3 is 0 Å². The number of anilines is 1. The zero-order valence-corrected chi connectivity index (χ0v) is 14.6.